The fourth-order valence-corrected chi connectivity index (χ4v) is 1.78. The van der Waals surface area contributed by atoms with Gasteiger partial charge in [0.15, 0.2) is 5.82 Å². The quantitative estimate of drug-likeness (QED) is 0.807. The normalized spacial score (nSPS) is 16.1. The van der Waals surface area contributed by atoms with Crippen molar-refractivity contribution in [3.63, 3.8) is 0 Å². The van der Waals surface area contributed by atoms with Crippen molar-refractivity contribution in [2.45, 2.75) is 13.0 Å². The number of cyclic esters (lactones) is 1. The number of amides is 1. The zero-order valence-electron chi connectivity index (χ0n) is 10.6. The number of tetrazole rings is 1. The molecule has 0 aromatic carbocycles. The molecule has 0 radical (unpaired) electrons. The minimum absolute atomic E-state index is 0.213. The van der Waals surface area contributed by atoms with Gasteiger partial charge in [0.05, 0.1) is 12.6 Å². The molecule has 1 aliphatic heterocycles. The van der Waals surface area contributed by atoms with Crippen LogP contribution in [0, 0.1) is 0 Å². The van der Waals surface area contributed by atoms with Crippen molar-refractivity contribution in [2.24, 2.45) is 0 Å². The van der Waals surface area contributed by atoms with Gasteiger partial charge in [-0.2, -0.15) is 10.2 Å². The molecule has 0 unspecified atom stereocenters. The van der Waals surface area contributed by atoms with E-state index in [4.69, 9.17) is 4.74 Å². The summed E-state index contributed by atoms with van der Waals surface area (Å²) in [6.07, 6.45) is 1.17. The summed E-state index contributed by atoms with van der Waals surface area (Å²) in [5.41, 5.74) is 0. The summed E-state index contributed by atoms with van der Waals surface area (Å²) in [5, 5.41) is 16.7. The standard InChI is InChI=1S/C10H12N8O2/c1-6(8-14-16-17-15-8)12-9-11-3-2-7(13-9)18-4-5-20-10(18)19/h2-3,6H,4-5H2,1H3,(H,11,12,13)(H,14,15,16,17)/t6-/m0/s1. The molecule has 0 aliphatic carbocycles. The fourth-order valence-electron chi connectivity index (χ4n) is 1.78. The first-order valence-corrected chi connectivity index (χ1v) is 6.01. The number of aromatic amines is 1. The smallest absolute Gasteiger partial charge is 0.415 e. The number of nitrogens with one attached hydrogen (secondary N) is 2. The lowest BCUT2D eigenvalue weighted by Crippen LogP contribution is -2.25. The van der Waals surface area contributed by atoms with Crippen molar-refractivity contribution in [2.75, 3.05) is 23.4 Å². The molecule has 1 saturated heterocycles. The van der Waals surface area contributed by atoms with E-state index in [9.17, 15) is 4.79 Å². The lowest BCUT2D eigenvalue weighted by Gasteiger charge is -2.14. The number of ether oxygens (including phenoxy) is 1. The van der Waals surface area contributed by atoms with Gasteiger partial charge in [0, 0.05) is 6.20 Å². The van der Waals surface area contributed by atoms with Crippen molar-refractivity contribution in [3.8, 4) is 0 Å². The first-order chi connectivity index (χ1) is 9.74. The zero-order valence-corrected chi connectivity index (χ0v) is 10.6. The van der Waals surface area contributed by atoms with Gasteiger partial charge in [-0.25, -0.2) is 9.78 Å². The Morgan fingerprint density at radius 3 is 3.15 bits per heavy atom. The Morgan fingerprint density at radius 2 is 2.45 bits per heavy atom. The van der Waals surface area contributed by atoms with E-state index in [0.29, 0.717) is 30.7 Å². The highest BCUT2D eigenvalue weighted by atomic mass is 16.6. The second-order valence-electron chi connectivity index (χ2n) is 4.14. The lowest BCUT2D eigenvalue weighted by molar-refractivity contribution is 0.181. The molecule has 2 N–H and O–H groups in total. The van der Waals surface area contributed by atoms with Crippen LogP contribution in [0.1, 0.15) is 18.8 Å². The SMILES string of the molecule is C[C@H](Nc1nccc(N2CCOC2=O)n1)c1nn[nH]n1. The highest BCUT2D eigenvalue weighted by Gasteiger charge is 2.25. The molecule has 2 aromatic rings. The first kappa shape index (κ1) is 12.3. The molecular weight excluding hydrogens is 264 g/mol. The lowest BCUT2D eigenvalue weighted by atomic mass is 10.3. The monoisotopic (exact) mass is 276 g/mol. The Hall–Kier alpha value is -2.78. The van der Waals surface area contributed by atoms with E-state index in [1.807, 2.05) is 6.92 Å². The van der Waals surface area contributed by atoms with Crippen molar-refractivity contribution in [1.29, 1.82) is 0 Å². The number of H-pyrrole nitrogens is 1. The molecule has 1 atom stereocenters. The summed E-state index contributed by atoms with van der Waals surface area (Å²) in [7, 11) is 0. The van der Waals surface area contributed by atoms with Crippen molar-refractivity contribution in [1.82, 2.24) is 30.6 Å². The van der Waals surface area contributed by atoms with Crippen LogP contribution >= 0.6 is 0 Å². The molecule has 0 spiro atoms. The molecule has 3 heterocycles. The van der Waals surface area contributed by atoms with Crippen molar-refractivity contribution in [3.05, 3.63) is 18.1 Å². The number of anilines is 2. The summed E-state index contributed by atoms with van der Waals surface area (Å²) in [4.78, 5) is 21.3. The second kappa shape index (κ2) is 5.07. The number of carbonyl (C=O) groups is 1. The van der Waals surface area contributed by atoms with Gasteiger partial charge < -0.3 is 10.1 Å². The van der Waals surface area contributed by atoms with Crippen LogP contribution < -0.4 is 10.2 Å². The summed E-state index contributed by atoms with van der Waals surface area (Å²) >= 11 is 0. The van der Waals surface area contributed by atoms with E-state index in [0.717, 1.165) is 0 Å². The van der Waals surface area contributed by atoms with Gasteiger partial charge in [0.1, 0.15) is 12.4 Å². The molecule has 2 aromatic heterocycles. The number of aromatic nitrogens is 6. The van der Waals surface area contributed by atoms with E-state index in [2.05, 4.69) is 35.9 Å². The van der Waals surface area contributed by atoms with Gasteiger partial charge in [-0.05, 0) is 13.0 Å². The van der Waals surface area contributed by atoms with Gasteiger partial charge in [0.25, 0.3) is 0 Å². The summed E-state index contributed by atoms with van der Waals surface area (Å²) in [6, 6.07) is 1.44. The van der Waals surface area contributed by atoms with Crippen LogP contribution in [0.25, 0.3) is 0 Å². The molecule has 0 bridgehead atoms. The molecule has 10 nitrogen and oxygen atoms in total. The summed E-state index contributed by atoms with van der Waals surface area (Å²) in [6.45, 7) is 2.70. The third kappa shape index (κ3) is 2.35. The van der Waals surface area contributed by atoms with Gasteiger partial charge in [-0.3, -0.25) is 4.90 Å². The third-order valence-corrected chi connectivity index (χ3v) is 2.77. The second-order valence-corrected chi connectivity index (χ2v) is 4.14. The van der Waals surface area contributed by atoms with Crippen LogP contribution in [0.4, 0.5) is 16.6 Å². The maximum atomic E-state index is 11.5. The van der Waals surface area contributed by atoms with E-state index < -0.39 is 6.09 Å². The average molecular weight is 276 g/mol. The summed E-state index contributed by atoms with van der Waals surface area (Å²) < 4.78 is 4.87. The van der Waals surface area contributed by atoms with E-state index in [-0.39, 0.29) is 6.04 Å². The topological polar surface area (TPSA) is 122 Å². The highest BCUT2D eigenvalue weighted by molar-refractivity contribution is 5.88. The van der Waals surface area contributed by atoms with Crippen LogP contribution in [0.3, 0.4) is 0 Å². The Bertz CT molecular complexity index is 601. The minimum atomic E-state index is -0.402. The molecule has 1 fully saturated rings. The van der Waals surface area contributed by atoms with Crippen LogP contribution in [-0.4, -0.2) is 49.8 Å². The van der Waals surface area contributed by atoms with E-state index >= 15 is 0 Å². The molecule has 1 aliphatic rings. The van der Waals surface area contributed by atoms with Crippen LogP contribution in [-0.2, 0) is 4.74 Å². The predicted molar refractivity (Wildman–Crippen MR) is 66.9 cm³/mol. The fraction of sp³-hybridized carbons (Fsp3) is 0.400. The molecular formula is C10H12N8O2. The number of rotatable bonds is 4. The Kier molecular flexibility index (Phi) is 3.11. The van der Waals surface area contributed by atoms with Gasteiger partial charge in [-0.15, -0.1) is 10.2 Å². The van der Waals surface area contributed by atoms with Crippen LogP contribution in [0.15, 0.2) is 12.3 Å². The molecule has 20 heavy (non-hydrogen) atoms. The zero-order chi connectivity index (χ0) is 13.9. The Morgan fingerprint density at radius 1 is 1.55 bits per heavy atom. The molecule has 10 heteroatoms. The third-order valence-electron chi connectivity index (χ3n) is 2.77. The van der Waals surface area contributed by atoms with E-state index in [1.54, 1.807) is 12.3 Å². The number of hydrogen-bond acceptors (Lipinski definition) is 8. The molecule has 1 amide bonds. The van der Waals surface area contributed by atoms with Gasteiger partial charge in [0.2, 0.25) is 5.95 Å². The molecule has 104 valence electrons. The van der Waals surface area contributed by atoms with E-state index in [1.165, 1.54) is 4.90 Å². The largest absolute Gasteiger partial charge is 0.447 e. The average Bonchev–Trinajstić information content (AvgIpc) is 3.10. The molecule has 0 saturated carbocycles. The van der Waals surface area contributed by atoms with Gasteiger partial charge in [-0.1, -0.05) is 5.21 Å². The van der Waals surface area contributed by atoms with Crippen LogP contribution in [0.2, 0.25) is 0 Å². The maximum Gasteiger partial charge on any atom is 0.415 e. The van der Waals surface area contributed by atoms with Gasteiger partial charge >= 0.3 is 6.09 Å². The maximum absolute atomic E-state index is 11.5. The Balaban J connectivity index is 1.76. The highest BCUT2D eigenvalue weighted by Crippen LogP contribution is 2.18. The summed E-state index contributed by atoms with van der Waals surface area (Å²) in [5.74, 6) is 1.37. The number of carbonyl (C=O) groups excluding carboxylic acids is 1. The van der Waals surface area contributed by atoms with Crippen LogP contribution in [0.5, 0.6) is 0 Å². The van der Waals surface area contributed by atoms with Crippen molar-refractivity contribution >= 4 is 17.9 Å². The Labute approximate surface area is 113 Å². The van der Waals surface area contributed by atoms with Crippen molar-refractivity contribution < 1.29 is 9.53 Å². The number of hydrogen-bond donors (Lipinski definition) is 2. The number of nitrogens with zero attached hydrogens (tertiary/aromatic N) is 6. The first-order valence-electron chi connectivity index (χ1n) is 6.01. The minimum Gasteiger partial charge on any atom is -0.447 e. The predicted octanol–water partition coefficient (Wildman–Crippen LogP) is 0.119. The molecule has 3 rings (SSSR count).